The highest BCUT2D eigenvalue weighted by Crippen LogP contribution is 2.14. The average Bonchev–Trinajstić information content (AvgIpc) is 2.63. The van der Waals surface area contributed by atoms with Crippen molar-refractivity contribution in [3.63, 3.8) is 0 Å². The lowest BCUT2D eigenvalue weighted by Gasteiger charge is -1.91. The first kappa shape index (κ1) is 11.2. The second kappa shape index (κ2) is 4.54. The molecule has 0 spiro atoms. The van der Waals surface area contributed by atoms with E-state index in [4.69, 9.17) is 5.11 Å². The number of carbonyl (C=O) groups is 1. The third-order valence-corrected chi connectivity index (χ3v) is 1.76. The number of fused-ring (bicyclic) bond motifs is 1. The number of H-pyrrole nitrogens is 1. The monoisotopic (exact) mass is 207 g/mol. The Morgan fingerprint density at radius 1 is 1.47 bits per heavy atom. The van der Waals surface area contributed by atoms with E-state index < -0.39 is 5.97 Å². The number of nitrogens with one attached hydrogen (secondary N) is 1. The summed E-state index contributed by atoms with van der Waals surface area (Å²) in [5, 5.41) is 15.5. The van der Waals surface area contributed by atoms with E-state index in [0.29, 0.717) is 11.0 Å². The van der Waals surface area contributed by atoms with E-state index in [0.717, 1.165) is 5.56 Å². The van der Waals surface area contributed by atoms with E-state index in [-0.39, 0.29) is 5.69 Å². The molecule has 0 radical (unpaired) electrons. The van der Waals surface area contributed by atoms with Crippen LogP contribution in [0.2, 0.25) is 0 Å². The number of hydrogen-bond acceptors (Lipinski definition) is 3. The van der Waals surface area contributed by atoms with Crippen LogP contribution in [0.5, 0.6) is 0 Å². The van der Waals surface area contributed by atoms with Gasteiger partial charge in [-0.05, 0) is 18.6 Å². The van der Waals surface area contributed by atoms with Crippen LogP contribution in [0.1, 0.15) is 29.9 Å². The van der Waals surface area contributed by atoms with E-state index in [9.17, 15) is 4.79 Å². The molecule has 2 N–H and O–H groups in total. The number of aromatic nitrogens is 3. The first-order chi connectivity index (χ1) is 7.18. The topological polar surface area (TPSA) is 78.9 Å². The Labute approximate surface area is 87.2 Å². The number of aromatic amines is 1. The molecule has 2 heterocycles. The maximum absolute atomic E-state index is 10.7. The van der Waals surface area contributed by atoms with Gasteiger partial charge >= 0.3 is 5.97 Å². The van der Waals surface area contributed by atoms with Crippen LogP contribution in [-0.4, -0.2) is 26.3 Å². The molecule has 0 fully saturated rings. The van der Waals surface area contributed by atoms with Crippen molar-refractivity contribution in [2.24, 2.45) is 0 Å². The van der Waals surface area contributed by atoms with Crippen molar-refractivity contribution in [3.8, 4) is 0 Å². The van der Waals surface area contributed by atoms with Crippen LogP contribution in [0, 0.1) is 6.92 Å². The van der Waals surface area contributed by atoms with Crippen LogP contribution < -0.4 is 0 Å². The van der Waals surface area contributed by atoms with Gasteiger partial charge in [-0.3, -0.25) is 5.10 Å². The smallest absolute Gasteiger partial charge is 0.354 e. The van der Waals surface area contributed by atoms with Crippen molar-refractivity contribution in [3.05, 3.63) is 23.5 Å². The largest absolute Gasteiger partial charge is 0.477 e. The summed E-state index contributed by atoms with van der Waals surface area (Å²) in [6.07, 6.45) is 1.65. The first-order valence-corrected chi connectivity index (χ1v) is 4.72. The number of aryl methyl sites for hydroxylation is 1. The molecular formula is C10H13N3O2. The Bertz CT molecular complexity index is 476. The predicted molar refractivity (Wildman–Crippen MR) is 56.9 cm³/mol. The second-order valence-corrected chi connectivity index (χ2v) is 2.79. The highest BCUT2D eigenvalue weighted by Gasteiger charge is 2.12. The molecule has 2 aromatic rings. The number of pyridine rings is 1. The van der Waals surface area contributed by atoms with E-state index in [1.54, 1.807) is 12.3 Å². The quantitative estimate of drug-likeness (QED) is 0.749. The number of aromatic carboxylic acids is 1. The molecule has 2 aromatic heterocycles. The van der Waals surface area contributed by atoms with Crippen molar-refractivity contribution in [2.75, 3.05) is 0 Å². The van der Waals surface area contributed by atoms with Gasteiger partial charge in [0, 0.05) is 6.20 Å². The summed E-state index contributed by atoms with van der Waals surface area (Å²) in [4.78, 5) is 14.7. The number of rotatable bonds is 1. The lowest BCUT2D eigenvalue weighted by molar-refractivity contribution is 0.0692. The number of carboxylic acid groups (broad SMARTS) is 1. The van der Waals surface area contributed by atoms with Crippen molar-refractivity contribution in [1.29, 1.82) is 0 Å². The Balaban J connectivity index is 0.000000531. The standard InChI is InChI=1S/C8H7N3O2.C2H6/c1-4-2-5-6(8(12)13)10-11-7(5)9-3-4;1-2/h2-3H,1H3,(H,12,13)(H,9,10,11);1-2H3. The van der Waals surface area contributed by atoms with Crippen molar-refractivity contribution in [2.45, 2.75) is 20.8 Å². The van der Waals surface area contributed by atoms with E-state index >= 15 is 0 Å². The van der Waals surface area contributed by atoms with Crippen molar-refractivity contribution >= 4 is 17.0 Å². The minimum atomic E-state index is -1.02. The van der Waals surface area contributed by atoms with E-state index in [1.807, 2.05) is 20.8 Å². The summed E-state index contributed by atoms with van der Waals surface area (Å²) in [6, 6.07) is 1.75. The van der Waals surface area contributed by atoms with Gasteiger partial charge in [-0.15, -0.1) is 0 Å². The molecule has 0 aromatic carbocycles. The first-order valence-electron chi connectivity index (χ1n) is 4.72. The molecule has 0 atom stereocenters. The fourth-order valence-electron chi connectivity index (χ4n) is 1.17. The van der Waals surface area contributed by atoms with Crippen LogP contribution in [0.4, 0.5) is 0 Å². The highest BCUT2D eigenvalue weighted by molar-refractivity contribution is 5.99. The summed E-state index contributed by atoms with van der Waals surface area (Å²) < 4.78 is 0. The molecule has 0 aliphatic heterocycles. The minimum absolute atomic E-state index is 0.0891. The molecule has 0 amide bonds. The van der Waals surface area contributed by atoms with Crippen molar-refractivity contribution in [1.82, 2.24) is 15.2 Å². The maximum Gasteiger partial charge on any atom is 0.354 e. The predicted octanol–water partition coefficient (Wildman–Crippen LogP) is 1.99. The molecule has 15 heavy (non-hydrogen) atoms. The van der Waals surface area contributed by atoms with Gasteiger partial charge in [0.2, 0.25) is 0 Å². The van der Waals surface area contributed by atoms with Gasteiger partial charge in [0.15, 0.2) is 11.3 Å². The average molecular weight is 207 g/mol. The molecule has 5 nitrogen and oxygen atoms in total. The van der Waals surface area contributed by atoms with Gasteiger partial charge in [-0.1, -0.05) is 13.8 Å². The van der Waals surface area contributed by atoms with Crippen LogP contribution in [-0.2, 0) is 0 Å². The van der Waals surface area contributed by atoms with Gasteiger partial charge in [0.1, 0.15) is 0 Å². The van der Waals surface area contributed by atoms with E-state index in [1.165, 1.54) is 0 Å². The molecule has 0 saturated heterocycles. The lowest BCUT2D eigenvalue weighted by atomic mass is 10.2. The summed E-state index contributed by atoms with van der Waals surface area (Å²) >= 11 is 0. The summed E-state index contributed by atoms with van der Waals surface area (Å²) in [5.41, 5.74) is 1.44. The zero-order chi connectivity index (χ0) is 11.4. The molecule has 5 heteroatoms. The normalized spacial score (nSPS) is 9.53. The fraction of sp³-hybridized carbons (Fsp3) is 0.300. The number of carboxylic acids is 1. The zero-order valence-corrected chi connectivity index (χ0v) is 8.90. The number of nitrogens with zero attached hydrogens (tertiary/aromatic N) is 2. The lowest BCUT2D eigenvalue weighted by Crippen LogP contribution is -1.96. The van der Waals surface area contributed by atoms with Gasteiger partial charge in [-0.25, -0.2) is 9.78 Å². The van der Waals surface area contributed by atoms with Gasteiger partial charge in [-0.2, -0.15) is 5.10 Å². The highest BCUT2D eigenvalue weighted by atomic mass is 16.4. The molecular weight excluding hydrogens is 194 g/mol. The molecule has 0 saturated carbocycles. The second-order valence-electron chi connectivity index (χ2n) is 2.79. The molecule has 0 aliphatic carbocycles. The Morgan fingerprint density at radius 2 is 2.13 bits per heavy atom. The SMILES string of the molecule is CC.Cc1cnc2n[nH]c(C(=O)O)c2c1. The van der Waals surface area contributed by atoms with Crippen LogP contribution in [0.25, 0.3) is 11.0 Å². The Morgan fingerprint density at radius 3 is 2.73 bits per heavy atom. The zero-order valence-electron chi connectivity index (χ0n) is 8.90. The summed E-state index contributed by atoms with van der Waals surface area (Å²) in [5.74, 6) is -1.02. The molecule has 0 bridgehead atoms. The van der Waals surface area contributed by atoms with E-state index in [2.05, 4.69) is 15.2 Å². The number of hydrogen-bond donors (Lipinski definition) is 2. The van der Waals surface area contributed by atoms with Gasteiger partial charge in [0.05, 0.1) is 5.39 Å². The molecule has 2 rings (SSSR count). The van der Waals surface area contributed by atoms with Crippen LogP contribution in [0.3, 0.4) is 0 Å². The van der Waals surface area contributed by atoms with Crippen molar-refractivity contribution < 1.29 is 9.90 Å². The summed E-state index contributed by atoms with van der Waals surface area (Å²) in [7, 11) is 0. The minimum Gasteiger partial charge on any atom is -0.477 e. The van der Waals surface area contributed by atoms with Crippen LogP contribution >= 0.6 is 0 Å². The Hall–Kier alpha value is -1.91. The third kappa shape index (κ3) is 2.12. The molecule has 0 unspecified atom stereocenters. The van der Waals surface area contributed by atoms with Crippen LogP contribution in [0.15, 0.2) is 12.3 Å². The van der Waals surface area contributed by atoms with Gasteiger partial charge < -0.3 is 5.11 Å². The van der Waals surface area contributed by atoms with Gasteiger partial charge in [0.25, 0.3) is 0 Å². The molecule has 0 aliphatic rings. The maximum atomic E-state index is 10.7. The Kier molecular flexibility index (Phi) is 3.38. The fourth-order valence-corrected chi connectivity index (χ4v) is 1.17. The third-order valence-electron chi connectivity index (χ3n) is 1.76. The summed E-state index contributed by atoms with van der Waals surface area (Å²) in [6.45, 7) is 5.85. The molecule has 80 valence electrons.